The summed E-state index contributed by atoms with van der Waals surface area (Å²) in [5, 5.41) is 0. The fourth-order valence-corrected chi connectivity index (χ4v) is 5.19. The van der Waals surface area contributed by atoms with Gasteiger partial charge in [-0.3, -0.25) is 0 Å². The minimum atomic E-state index is 0.984. The van der Waals surface area contributed by atoms with Gasteiger partial charge in [0, 0.05) is 21.3 Å². The van der Waals surface area contributed by atoms with E-state index in [0.717, 1.165) is 11.5 Å². The van der Waals surface area contributed by atoms with Gasteiger partial charge in [-0.05, 0) is 34.4 Å². The monoisotopic (exact) mass is 398 g/mol. The van der Waals surface area contributed by atoms with E-state index >= 15 is 0 Å². The number of benzene rings is 4. The summed E-state index contributed by atoms with van der Waals surface area (Å²) in [6, 6.07) is 38.9. The highest BCUT2D eigenvalue weighted by atomic mass is 32.2. The van der Waals surface area contributed by atoms with Gasteiger partial charge in [-0.1, -0.05) is 97.1 Å². The Morgan fingerprint density at radius 2 is 0.929 bits per heavy atom. The second-order valence-electron chi connectivity index (χ2n) is 6.58. The van der Waals surface area contributed by atoms with E-state index < -0.39 is 0 Å². The summed E-state index contributed by atoms with van der Waals surface area (Å²) >= 11 is 3.84. The quantitative estimate of drug-likeness (QED) is 0.290. The standard InChI is InChI=1S/C26H22S2/c1-4-10-21(11-5-1)19-27-25-17-16-24(23-14-8-3-9-15-23)18-26(25)28-20-22-12-6-2-7-13-22/h1-18H,19-20H2. The Morgan fingerprint density at radius 1 is 0.429 bits per heavy atom. The highest BCUT2D eigenvalue weighted by molar-refractivity contribution is 8.01. The molecule has 0 N–H and O–H groups in total. The van der Waals surface area contributed by atoms with Crippen LogP contribution < -0.4 is 0 Å². The third-order valence-corrected chi connectivity index (χ3v) is 6.93. The van der Waals surface area contributed by atoms with Crippen molar-refractivity contribution < 1.29 is 0 Å². The number of hydrogen-bond acceptors (Lipinski definition) is 2. The third-order valence-electron chi connectivity index (χ3n) is 4.53. The van der Waals surface area contributed by atoms with Gasteiger partial charge in [0.15, 0.2) is 0 Å². The van der Waals surface area contributed by atoms with Gasteiger partial charge in [0.1, 0.15) is 0 Å². The molecule has 0 nitrogen and oxygen atoms in total. The van der Waals surface area contributed by atoms with Gasteiger partial charge in [0.25, 0.3) is 0 Å². The molecule has 0 radical (unpaired) electrons. The molecule has 0 amide bonds. The summed E-state index contributed by atoms with van der Waals surface area (Å²) in [7, 11) is 0. The molecule has 0 saturated heterocycles. The van der Waals surface area contributed by atoms with Crippen LogP contribution in [0.5, 0.6) is 0 Å². The molecule has 0 spiro atoms. The number of rotatable bonds is 7. The molecule has 0 bridgehead atoms. The summed E-state index contributed by atoms with van der Waals surface area (Å²) in [4.78, 5) is 2.70. The zero-order valence-corrected chi connectivity index (χ0v) is 17.3. The Bertz CT molecular complexity index is 996. The second-order valence-corrected chi connectivity index (χ2v) is 8.61. The summed E-state index contributed by atoms with van der Waals surface area (Å²) < 4.78 is 0. The van der Waals surface area contributed by atoms with Gasteiger partial charge in [-0.2, -0.15) is 0 Å². The lowest BCUT2D eigenvalue weighted by Crippen LogP contribution is -1.87. The predicted octanol–water partition coefficient (Wildman–Crippen LogP) is 7.94. The smallest absolute Gasteiger partial charge is 0.0232 e. The minimum Gasteiger partial charge on any atom is -0.120 e. The molecule has 0 aliphatic rings. The maximum Gasteiger partial charge on any atom is 0.0232 e. The highest BCUT2D eigenvalue weighted by Crippen LogP contribution is 2.37. The van der Waals surface area contributed by atoms with Gasteiger partial charge in [0.2, 0.25) is 0 Å². The van der Waals surface area contributed by atoms with Crippen LogP contribution in [0.25, 0.3) is 11.1 Å². The van der Waals surface area contributed by atoms with E-state index in [1.165, 1.54) is 32.0 Å². The van der Waals surface area contributed by atoms with Gasteiger partial charge < -0.3 is 0 Å². The lowest BCUT2D eigenvalue weighted by Gasteiger charge is -2.12. The van der Waals surface area contributed by atoms with Crippen molar-refractivity contribution in [3.8, 4) is 11.1 Å². The van der Waals surface area contributed by atoms with Crippen LogP contribution in [-0.4, -0.2) is 0 Å². The maximum atomic E-state index is 2.34. The molecule has 28 heavy (non-hydrogen) atoms. The van der Waals surface area contributed by atoms with Crippen molar-refractivity contribution in [3.05, 3.63) is 120 Å². The Hall–Kier alpha value is -2.42. The SMILES string of the molecule is c1ccc(CSc2ccc(-c3ccccc3)cc2SCc2ccccc2)cc1. The average Bonchev–Trinajstić information content (AvgIpc) is 2.78. The summed E-state index contributed by atoms with van der Waals surface area (Å²) in [6.07, 6.45) is 0. The molecule has 0 aliphatic heterocycles. The van der Waals surface area contributed by atoms with Gasteiger partial charge >= 0.3 is 0 Å². The average molecular weight is 399 g/mol. The van der Waals surface area contributed by atoms with Crippen molar-refractivity contribution in [2.45, 2.75) is 21.3 Å². The molecule has 0 heterocycles. The third kappa shape index (κ3) is 5.09. The van der Waals surface area contributed by atoms with E-state index in [-0.39, 0.29) is 0 Å². The highest BCUT2D eigenvalue weighted by Gasteiger charge is 2.08. The lowest BCUT2D eigenvalue weighted by molar-refractivity contribution is 1.23. The van der Waals surface area contributed by atoms with Crippen LogP contribution in [0, 0.1) is 0 Å². The lowest BCUT2D eigenvalue weighted by atomic mass is 10.1. The molecule has 0 unspecified atom stereocenters. The van der Waals surface area contributed by atoms with Crippen molar-refractivity contribution in [2.75, 3.05) is 0 Å². The van der Waals surface area contributed by atoms with Crippen molar-refractivity contribution in [2.24, 2.45) is 0 Å². The van der Waals surface area contributed by atoms with E-state index in [4.69, 9.17) is 0 Å². The van der Waals surface area contributed by atoms with E-state index in [0.29, 0.717) is 0 Å². The molecule has 2 heteroatoms. The Labute approximate surface area is 176 Å². The molecule has 0 saturated carbocycles. The van der Waals surface area contributed by atoms with Gasteiger partial charge in [-0.25, -0.2) is 0 Å². The maximum absolute atomic E-state index is 2.34. The first kappa shape index (κ1) is 18.9. The van der Waals surface area contributed by atoms with Crippen molar-refractivity contribution in [1.82, 2.24) is 0 Å². The summed E-state index contributed by atoms with van der Waals surface area (Å²) in [5.41, 5.74) is 5.26. The first-order valence-corrected chi connectivity index (χ1v) is 11.4. The van der Waals surface area contributed by atoms with Gasteiger partial charge in [0.05, 0.1) is 0 Å². The van der Waals surface area contributed by atoms with Crippen LogP contribution in [0.15, 0.2) is 119 Å². The molecule has 4 aromatic carbocycles. The largest absolute Gasteiger partial charge is 0.120 e. The van der Waals surface area contributed by atoms with Crippen molar-refractivity contribution >= 4 is 23.5 Å². The van der Waals surface area contributed by atoms with Crippen LogP contribution in [0.3, 0.4) is 0 Å². The minimum absolute atomic E-state index is 0.984. The molecule has 0 aliphatic carbocycles. The van der Waals surface area contributed by atoms with Crippen LogP contribution >= 0.6 is 23.5 Å². The van der Waals surface area contributed by atoms with Crippen LogP contribution in [0.4, 0.5) is 0 Å². The molecule has 0 fully saturated rings. The first-order valence-electron chi connectivity index (χ1n) is 9.41. The fourth-order valence-electron chi connectivity index (χ4n) is 3.02. The topological polar surface area (TPSA) is 0 Å². The molecule has 4 aromatic rings. The predicted molar refractivity (Wildman–Crippen MR) is 124 cm³/mol. The molecule has 138 valence electrons. The Balaban J connectivity index is 1.58. The van der Waals surface area contributed by atoms with Crippen molar-refractivity contribution in [1.29, 1.82) is 0 Å². The number of thioether (sulfide) groups is 2. The van der Waals surface area contributed by atoms with Crippen LogP contribution in [0.1, 0.15) is 11.1 Å². The molecular weight excluding hydrogens is 376 g/mol. The zero-order valence-electron chi connectivity index (χ0n) is 15.6. The van der Waals surface area contributed by atoms with Crippen LogP contribution in [-0.2, 0) is 11.5 Å². The summed E-state index contributed by atoms with van der Waals surface area (Å²) in [6.45, 7) is 0. The van der Waals surface area contributed by atoms with Crippen molar-refractivity contribution in [3.63, 3.8) is 0 Å². The molecular formula is C26H22S2. The zero-order chi connectivity index (χ0) is 19.0. The number of hydrogen-bond donors (Lipinski definition) is 0. The molecule has 0 atom stereocenters. The van der Waals surface area contributed by atoms with Crippen LogP contribution in [0.2, 0.25) is 0 Å². The second kappa shape index (κ2) is 9.68. The van der Waals surface area contributed by atoms with E-state index in [2.05, 4.69) is 109 Å². The molecule has 4 rings (SSSR count). The normalized spacial score (nSPS) is 10.7. The Morgan fingerprint density at radius 3 is 1.50 bits per heavy atom. The van der Waals surface area contributed by atoms with E-state index in [9.17, 15) is 0 Å². The fraction of sp³-hybridized carbons (Fsp3) is 0.0769. The molecule has 0 aromatic heterocycles. The Kier molecular flexibility index (Phi) is 6.54. The summed E-state index contributed by atoms with van der Waals surface area (Å²) in [5.74, 6) is 1.97. The first-order chi connectivity index (χ1) is 13.9. The van der Waals surface area contributed by atoms with E-state index in [1.54, 1.807) is 0 Å². The van der Waals surface area contributed by atoms with E-state index in [1.807, 2.05) is 23.5 Å². The van der Waals surface area contributed by atoms with Gasteiger partial charge in [-0.15, -0.1) is 23.5 Å².